The van der Waals surface area contributed by atoms with Gasteiger partial charge in [0.15, 0.2) is 5.13 Å². The third-order valence-electron chi connectivity index (χ3n) is 2.37. The highest BCUT2D eigenvalue weighted by molar-refractivity contribution is 7.13. The molecule has 1 aliphatic heterocycles. The SMILES string of the molecule is CC(N)C1CN(c2nccs2)CCO1. The Kier molecular flexibility index (Phi) is 3.00. The molecule has 2 unspecified atom stereocenters. The second kappa shape index (κ2) is 4.25. The molecule has 0 aliphatic carbocycles. The van der Waals surface area contributed by atoms with E-state index < -0.39 is 0 Å². The Hall–Kier alpha value is -0.650. The molecular weight excluding hydrogens is 198 g/mol. The predicted molar refractivity (Wildman–Crippen MR) is 57.7 cm³/mol. The van der Waals surface area contributed by atoms with Gasteiger partial charge in [0.25, 0.3) is 0 Å². The highest BCUT2D eigenvalue weighted by atomic mass is 32.1. The molecule has 2 heterocycles. The topological polar surface area (TPSA) is 51.4 Å². The molecule has 1 aromatic heterocycles. The maximum Gasteiger partial charge on any atom is 0.185 e. The maximum absolute atomic E-state index is 5.81. The van der Waals surface area contributed by atoms with Crippen LogP contribution in [0.5, 0.6) is 0 Å². The molecule has 0 aromatic carbocycles. The van der Waals surface area contributed by atoms with Gasteiger partial charge in [0, 0.05) is 30.7 Å². The number of ether oxygens (including phenoxy) is 1. The molecule has 1 saturated heterocycles. The first-order chi connectivity index (χ1) is 6.77. The van der Waals surface area contributed by atoms with Crippen molar-refractivity contribution in [3.8, 4) is 0 Å². The summed E-state index contributed by atoms with van der Waals surface area (Å²) in [6.45, 7) is 4.49. The van der Waals surface area contributed by atoms with Crippen LogP contribution in [-0.2, 0) is 4.74 Å². The number of rotatable bonds is 2. The average Bonchev–Trinajstić information content (AvgIpc) is 2.71. The molecule has 1 aromatic rings. The van der Waals surface area contributed by atoms with Gasteiger partial charge in [0.2, 0.25) is 0 Å². The first kappa shape index (κ1) is 9.89. The molecule has 2 atom stereocenters. The Morgan fingerprint density at radius 1 is 1.79 bits per heavy atom. The molecule has 0 bridgehead atoms. The van der Waals surface area contributed by atoms with Crippen LogP contribution in [0, 0.1) is 0 Å². The molecule has 1 aliphatic rings. The zero-order chi connectivity index (χ0) is 9.97. The fourth-order valence-electron chi connectivity index (χ4n) is 1.54. The maximum atomic E-state index is 5.81. The van der Waals surface area contributed by atoms with Gasteiger partial charge in [-0.2, -0.15) is 0 Å². The van der Waals surface area contributed by atoms with E-state index in [-0.39, 0.29) is 12.1 Å². The number of hydrogen-bond acceptors (Lipinski definition) is 5. The van der Waals surface area contributed by atoms with E-state index in [0.29, 0.717) is 0 Å². The molecule has 5 heteroatoms. The molecule has 2 N–H and O–H groups in total. The number of anilines is 1. The van der Waals surface area contributed by atoms with Gasteiger partial charge < -0.3 is 15.4 Å². The van der Waals surface area contributed by atoms with E-state index in [1.807, 2.05) is 18.5 Å². The van der Waals surface area contributed by atoms with E-state index in [4.69, 9.17) is 10.5 Å². The summed E-state index contributed by atoms with van der Waals surface area (Å²) in [4.78, 5) is 6.52. The van der Waals surface area contributed by atoms with Crippen molar-refractivity contribution in [1.82, 2.24) is 4.98 Å². The van der Waals surface area contributed by atoms with E-state index in [1.165, 1.54) is 0 Å². The summed E-state index contributed by atoms with van der Waals surface area (Å²) in [6.07, 6.45) is 1.96. The summed E-state index contributed by atoms with van der Waals surface area (Å²) in [6, 6.07) is 0.0813. The smallest absolute Gasteiger partial charge is 0.185 e. The number of hydrogen-bond donors (Lipinski definition) is 1. The molecule has 0 spiro atoms. The Labute approximate surface area is 87.7 Å². The van der Waals surface area contributed by atoms with Crippen molar-refractivity contribution >= 4 is 16.5 Å². The summed E-state index contributed by atoms with van der Waals surface area (Å²) in [5, 5.41) is 3.06. The first-order valence-corrected chi connectivity index (χ1v) is 5.67. The van der Waals surface area contributed by atoms with Gasteiger partial charge in [-0.15, -0.1) is 11.3 Å². The zero-order valence-corrected chi connectivity index (χ0v) is 9.04. The second-order valence-corrected chi connectivity index (χ2v) is 4.40. The standard InChI is InChI=1S/C9H15N3OS/c1-7(10)8-6-12(3-4-13-8)9-11-2-5-14-9/h2,5,7-8H,3-4,6,10H2,1H3. The van der Waals surface area contributed by atoms with Crippen molar-refractivity contribution in [2.75, 3.05) is 24.6 Å². The highest BCUT2D eigenvalue weighted by Gasteiger charge is 2.24. The van der Waals surface area contributed by atoms with Crippen molar-refractivity contribution in [3.63, 3.8) is 0 Å². The molecule has 0 amide bonds. The normalized spacial score (nSPS) is 25.0. The Balaban J connectivity index is 2.01. The average molecular weight is 213 g/mol. The van der Waals surface area contributed by atoms with Gasteiger partial charge in [-0.05, 0) is 6.92 Å². The van der Waals surface area contributed by atoms with Gasteiger partial charge >= 0.3 is 0 Å². The van der Waals surface area contributed by atoms with Gasteiger partial charge in [-0.1, -0.05) is 0 Å². The van der Waals surface area contributed by atoms with E-state index in [1.54, 1.807) is 11.3 Å². The molecule has 1 fully saturated rings. The minimum Gasteiger partial charge on any atom is -0.373 e. The summed E-state index contributed by atoms with van der Waals surface area (Å²) in [5.74, 6) is 0. The quantitative estimate of drug-likeness (QED) is 0.785. The Morgan fingerprint density at radius 3 is 3.29 bits per heavy atom. The van der Waals surface area contributed by atoms with Gasteiger partial charge in [-0.3, -0.25) is 0 Å². The third-order valence-corrected chi connectivity index (χ3v) is 3.20. The number of nitrogens with zero attached hydrogens (tertiary/aromatic N) is 2. The van der Waals surface area contributed by atoms with Crippen LogP contribution in [0.15, 0.2) is 11.6 Å². The number of nitrogens with two attached hydrogens (primary N) is 1. The lowest BCUT2D eigenvalue weighted by Gasteiger charge is -2.34. The second-order valence-electron chi connectivity index (χ2n) is 3.53. The summed E-state index contributed by atoms with van der Waals surface area (Å²) in [7, 11) is 0. The van der Waals surface area contributed by atoms with E-state index in [0.717, 1.165) is 24.8 Å². The molecular formula is C9H15N3OS. The van der Waals surface area contributed by atoms with Crippen LogP contribution in [-0.4, -0.2) is 36.8 Å². The number of thiazole rings is 1. The van der Waals surface area contributed by atoms with Crippen LogP contribution in [0.3, 0.4) is 0 Å². The number of aromatic nitrogens is 1. The Bertz CT molecular complexity index is 276. The lowest BCUT2D eigenvalue weighted by molar-refractivity contribution is 0.0276. The molecule has 4 nitrogen and oxygen atoms in total. The molecule has 14 heavy (non-hydrogen) atoms. The van der Waals surface area contributed by atoms with Crippen LogP contribution < -0.4 is 10.6 Å². The predicted octanol–water partition coefficient (Wildman–Crippen LogP) is 0.695. The molecule has 2 rings (SSSR count). The van der Waals surface area contributed by atoms with Crippen LogP contribution >= 0.6 is 11.3 Å². The van der Waals surface area contributed by atoms with E-state index in [9.17, 15) is 0 Å². The summed E-state index contributed by atoms with van der Waals surface area (Å²) in [5.41, 5.74) is 5.81. The fourth-order valence-corrected chi connectivity index (χ4v) is 2.22. The molecule has 0 saturated carbocycles. The third kappa shape index (κ3) is 2.05. The molecule has 0 radical (unpaired) electrons. The monoisotopic (exact) mass is 213 g/mol. The van der Waals surface area contributed by atoms with E-state index in [2.05, 4.69) is 9.88 Å². The van der Waals surface area contributed by atoms with Crippen LogP contribution in [0.1, 0.15) is 6.92 Å². The lowest BCUT2D eigenvalue weighted by atomic mass is 10.1. The Morgan fingerprint density at radius 2 is 2.64 bits per heavy atom. The van der Waals surface area contributed by atoms with Gasteiger partial charge in [0.05, 0.1) is 12.7 Å². The largest absolute Gasteiger partial charge is 0.373 e. The first-order valence-electron chi connectivity index (χ1n) is 4.79. The fraction of sp³-hybridized carbons (Fsp3) is 0.667. The minimum absolute atomic E-state index is 0.0813. The van der Waals surface area contributed by atoms with Crippen molar-refractivity contribution in [2.24, 2.45) is 5.73 Å². The number of morpholine rings is 1. The lowest BCUT2D eigenvalue weighted by Crippen LogP contribution is -2.49. The zero-order valence-electron chi connectivity index (χ0n) is 8.22. The van der Waals surface area contributed by atoms with E-state index >= 15 is 0 Å². The van der Waals surface area contributed by atoms with Crippen LogP contribution in [0.4, 0.5) is 5.13 Å². The summed E-state index contributed by atoms with van der Waals surface area (Å²) >= 11 is 1.66. The highest BCUT2D eigenvalue weighted by Crippen LogP contribution is 2.20. The van der Waals surface area contributed by atoms with Crippen molar-refractivity contribution < 1.29 is 4.74 Å². The van der Waals surface area contributed by atoms with Crippen LogP contribution in [0.2, 0.25) is 0 Å². The van der Waals surface area contributed by atoms with Gasteiger partial charge in [0.1, 0.15) is 0 Å². The van der Waals surface area contributed by atoms with Crippen molar-refractivity contribution in [2.45, 2.75) is 19.1 Å². The summed E-state index contributed by atoms with van der Waals surface area (Å²) < 4.78 is 5.58. The molecule has 78 valence electrons. The van der Waals surface area contributed by atoms with Crippen LogP contribution in [0.25, 0.3) is 0 Å². The van der Waals surface area contributed by atoms with Crippen molar-refractivity contribution in [1.29, 1.82) is 0 Å². The van der Waals surface area contributed by atoms with Crippen molar-refractivity contribution in [3.05, 3.63) is 11.6 Å². The minimum atomic E-state index is 0.0813. The van der Waals surface area contributed by atoms with Gasteiger partial charge in [-0.25, -0.2) is 4.98 Å².